The smallest absolute Gasteiger partial charge is 0.261 e. The molecule has 0 unspecified atom stereocenters. The molecule has 0 saturated carbocycles. The van der Waals surface area contributed by atoms with E-state index in [1.807, 2.05) is 0 Å². The fraction of sp³-hybridized carbons (Fsp3) is 0.500. The number of nitrogens with one attached hydrogen (secondary N) is 1. The van der Waals surface area contributed by atoms with Crippen LogP contribution in [-0.4, -0.2) is 51.4 Å². The third-order valence-corrected chi connectivity index (χ3v) is 1.87. The van der Waals surface area contributed by atoms with E-state index >= 15 is 0 Å². The first-order valence-corrected chi connectivity index (χ1v) is 4.91. The maximum atomic E-state index is 11.7. The second kappa shape index (κ2) is 5.43. The Kier molecular flexibility index (Phi) is 3.70. The van der Waals surface area contributed by atoms with Crippen molar-refractivity contribution in [1.29, 1.82) is 0 Å². The molecular weight excluding hydrogens is 234 g/mol. The number of aromatic nitrogens is 5. The van der Waals surface area contributed by atoms with Gasteiger partial charge in [-0.2, -0.15) is 0 Å². The van der Waals surface area contributed by atoms with E-state index in [-0.39, 0.29) is 6.61 Å². The zero-order chi connectivity index (χ0) is 12.1. The van der Waals surface area contributed by atoms with Crippen LogP contribution in [0.25, 0.3) is 5.65 Å². The summed E-state index contributed by atoms with van der Waals surface area (Å²) in [6.45, 7) is 0.00809. The SMILES string of the molecule is FC(F)COCCNc1ccc2nnnn2n1. The van der Waals surface area contributed by atoms with Crippen molar-refractivity contribution in [1.82, 2.24) is 25.3 Å². The molecule has 0 amide bonds. The number of tetrazole rings is 1. The van der Waals surface area contributed by atoms with Crippen LogP contribution in [0, 0.1) is 0 Å². The van der Waals surface area contributed by atoms with Crippen LogP contribution < -0.4 is 5.32 Å². The molecule has 1 N–H and O–H groups in total. The molecule has 0 aromatic carbocycles. The zero-order valence-corrected chi connectivity index (χ0v) is 8.75. The average Bonchev–Trinajstić information content (AvgIpc) is 2.75. The first kappa shape index (κ1) is 11.6. The number of rotatable bonds is 6. The Morgan fingerprint density at radius 2 is 2.29 bits per heavy atom. The van der Waals surface area contributed by atoms with Gasteiger partial charge in [-0.3, -0.25) is 0 Å². The Balaban J connectivity index is 1.78. The van der Waals surface area contributed by atoms with E-state index in [0.29, 0.717) is 18.0 Å². The molecule has 0 aliphatic rings. The van der Waals surface area contributed by atoms with E-state index in [2.05, 4.69) is 25.9 Å². The lowest BCUT2D eigenvalue weighted by atomic mass is 10.5. The summed E-state index contributed by atoms with van der Waals surface area (Å²) in [4.78, 5) is 0. The van der Waals surface area contributed by atoms with Gasteiger partial charge in [0.25, 0.3) is 6.43 Å². The van der Waals surface area contributed by atoms with Gasteiger partial charge in [-0.25, -0.2) is 8.78 Å². The van der Waals surface area contributed by atoms with Gasteiger partial charge in [0.2, 0.25) is 0 Å². The van der Waals surface area contributed by atoms with Crippen molar-refractivity contribution in [2.24, 2.45) is 0 Å². The van der Waals surface area contributed by atoms with Gasteiger partial charge in [0, 0.05) is 6.54 Å². The van der Waals surface area contributed by atoms with Crippen molar-refractivity contribution >= 4 is 11.5 Å². The van der Waals surface area contributed by atoms with Crippen molar-refractivity contribution in [3.05, 3.63) is 12.1 Å². The molecule has 2 heterocycles. The fourth-order valence-electron chi connectivity index (χ4n) is 1.17. The second-order valence-electron chi connectivity index (χ2n) is 3.14. The number of nitrogens with zero attached hydrogens (tertiary/aromatic N) is 5. The van der Waals surface area contributed by atoms with Gasteiger partial charge < -0.3 is 10.1 Å². The Bertz CT molecular complexity index is 476. The minimum atomic E-state index is -2.44. The van der Waals surface area contributed by atoms with Crippen molar-refractivity contribution < 1.29 is 13.5 Å². The maximum Gasteiger partial charge on any atom is 0.261 e. The van der Waals surface area contributed by atoms with Gasteiger partial charge in [-0.15, -0.1) is 14.8 Å². The third-order valence-electron chi connectivity index (χ3n) is 1.87. The molecule has 0 aliphatic heterocycles. The summed E-state index contributed by atoms with van der Waals surface area (Å²) >= 11 is 0. The number of fused-ring (bicyclic) bond motifs is 1. The second-order valence-corrected chi connectivity index (χ2v) is 3.14. The van der Waals surface area contributed by atoms with Crippen LogP contribution in [0.5, 0.6) is 0 Å². The van der Waals surface area contributed by atoms with E-state index in [0.717, 1.165) is 0 Å². The van der Waals surface area contributed by atoms with E-state index in [9.17, 15) is 8.78 Å². The lowest BCUT2D eigenvalue weighted by Gasteiger charge is -2.05. The van der Waals surface area contributed by atoms with E-state index in [4.69, 9.17) is 4.74 Å². The normalized spacial score (nSPS) is 11.2. The topological polar surface area (TPSA) is 77.2 Å². The van der Waals surface area contributed by atoms with E-state index < -0.39 is 13.0 Å². The van der Waals surface area contributed by atoms with Crippen LogP contribution in [0.3, 0.4) is 0 Å². The largest absolute Gasteiger partial charge is 0.374 e. The Hall–Kier alpha value is -1.90. The first-order valence-electron chi connectivity index (χ1n) is 4.91. The molecule has 2 rings (SSSR count). The highest BCUT2D eigenvalue weighted by atomic mass is 19.3. The number of hydrogen-bond acceptors (Lipinski definition) is 6. The molecule has 0 fully saturated rings. The minimum Gasteiger partial charge on any atom is -0.374 e. The molecule has 17 heavy (non-hydrogen) atoms. The summed E-state index contributed by atoms with van der Waals surface area (Å²) in [5, 5.41) is 17.7. The summed E-state index contributed by atoms with van der Waals surface area (Å²) < 4.78 is 29.4. The zero-order valence-electron chi connectivity index (χ0n) is 8.75. The molecule has 0 atom stereocenters. The molecular formula is C8H10F2N6O. The quantitative estimate of drug-likeness (QED) is 0.732. The average molecular weight is 244 g/mol. The molecule has 9 heteroatoms. The molecule has 2 aromatic rings. The highest BCUT2D eigenvalue weighted by Crippen LogP contribution is 2.02. The fourth-order valence-corrected chi connectivity index (χ4v) is 1.17. The van der Waals surface area contributed by atoms with Gasteiger partial charge in [-0.05, 0) is 22.6 Å². The summed E-state index contributed by atoms with van der Waals surface area (Å²) in [7, 11) is 0. The van der Waals surface area contributed by atoms with Crippen LogP contribution in [0.1, 0.15) is 0 Å². The van der Waals surface area contributed by atoms with Gasteiger partial charge in [-0.1, -0.05) is 0 Å². The van der Waals surface area contributed by atoms with Crippen LogP contribution in [0.2, 0.25) is 0 Å². The van der Waals surface area contributed by atoms with Gasteiger partial charge >= 0.3 is 0 Å². The Morgan fingerprint density at radius 1 is 1.41 bits per heavy atom. The van der Waals surface area contributed by atoms with Crippen LogP contribution in [0.15, 0.2) is 12.1 Å². The monoisotopic (exact) mass is 244 g/mol. The molecule has 0 aliphatic carbocycles. The number of hydrogen-bond donors (Lipinski definition) is 1. The summed E-state index contributed by atoms with van der Waals surface area (Å²) in [5.74, 6) is 0.547. The molecule has 92 valence electrons. The molecule has 7 nitrogen and oxygen atoms in total. The third kappa shape index (κ3) is 3.28. The number of halogens is 2. The minimum absolute atomic E-state index is 0.180. The predicted octanol–water partition coefficient (Wildman–Crippen LogP) is 0.213. The molecule has 0 radical (unpaired) electrons. The van der Waals surface area contributed by atoms with Crippen molar-refractivity contribution in [2.45, 2.75) is 6.43 Å². The van der Waals surface area contributed by atoms with Gasteiger partial charge in [0.1, 0.15) is 12.4 Å². The highest BCUT2D eigenvalue weighted by molar-refractivity contribution is 5.41. The Morgan fingerprint density at radius 3 is 3.12 bits per heavy atom. The van der Waals surface area contributed by atoms with E-state index in [1.165, 1.54) is 4.63 Å². The number of anilines is 1. The van der Waals surface area contributed by atoms with Crippen molar-refractivity contribution in [3.8, 4) is 0 Å². The lowest BCUT2D eigenvalue weighted by molar-refractivity contribution is 0.0214. The molecule has 0 spiro atoms. The van der Waals surface area contributed by atoms with Crippen molar-refractivity contribution in [3.63, 3.8) is 0 Å². The van der Waals surface area contributed by atoms with Crippen molar-refractivity contribution in [2.75, 3.05) is 25.1 Å². The van der Waals surface area contributed by atoms with Crippen LogP contribution >= 0.6 is 0 Å². The van der Waals surface area contributed by atoms with Crippen LogP contribution in [0.4, 0.5) is 14.6 Å². The lowest BCUT2D eigenvalue weighted by Crippen LogP contribution is -2.14. The van der Waals surface area contributed by atoms with Gasteiger partial charge in [0.05, 0.1) is 6.61 Å². The highest BCUT2D eigenvalue weighted by Gasteiger charge is 2.02. The van der Waals surface area contributed by atoms with Crippen LogP contribution in [-0.2, 0) is 4.74 Å². The summed E-state index contributed by atoms with van der Waals surface area (Å²) in [6.07, 6.45) is -2.44. The summed E-state index contributed by atoms with van der Waals surface area (Å²) in [6, 6.07) is 3.38. The molecule has 0 bridgehead atoms. The number of ether oxygens (including phenoxy) is 1. The first-order chi connectivity index (χ1) is 8.25. The predicted molar refractivity (Wildman–Crippen MR) is 53.9 cm³/mol. The standard InChI is InChI=1S/C8H10F2N6O/c9-6(10)5-17-4-3-11-7-1-2-8-12-14-15-16(8)13-7/h1-2,6H,3-5H2,(H,11,13). The maximum absolute atomic E-state index is 11.7. The molecule has 2 aromatic heterocycles. The Labute approximate surface area is 94.8 Å². The summed E-state index contributed by atoms with van der Waals surface area (Å²) in [5.41, 5.74) is 0.532. The number of alkyl halides is 2. The van der Waals surface area contributed by atoms with E-state index in [1.54, 1.807) is 12.1 Å². The molecule has 0 saturated heterocycles. The van der Waals surface area contributed by atoms with Gasteiger partial charge in [0.15, 0.2) is 5.65 Å².